The van der Waals surface area contributed by atoms with Gasteiger partial charge in [0, 0.05) is 11.5 Å². The quantitative estimate of drug-likeness (QED) is 0.867. The van der Waals surface area contributed by atoms with E-state index in [-0.39, 0.29) is 0 Å². The Bertz CT molecular complexity index is 373. The molecule has 2 heteroatoms. The molecule has 0 aromatic heterocycles. The van der Waals surface area contributed by atoms with Crippen LogP contribution in [-0.2, 0) is 6.54 Å². The van der Waals surface area contributed by atoms with Crippen molar-refractivity contribution >= 4 is 0 Å². The van der Waals surface area contributed by atoms with E-state index in [0.717, 1.165) is 36.8 Å². The lowest BCUT2D eigenvalue weighted by atomic mass is 9.78. The first-order valence-electron chi connectivity index (χ1n) is 7.75. The molecule has 106 valence electrons. The van der Waals surface area contributed by atoms with Crippen LogP contribution >= 0.6 is 0 Å². The van der Waals surface area contributed by atoms with Crippen molar-refractivity contribution in [2.45, 2.75) is 52.6 Å². The van der Waals surface area contributed by atoms with Crippen LogP contribution < -0.4 is 10.1 Å². The Labute approximate surface area is 117 Å². The molecule has 0 saturated heterocycles. The standard InChI is InChI=1S/C17H27NO/c1-4-19-16-10-8-15(9-11-16)12-18-17-7-5-6-13(2)14(17)3/h8-11,13-14,17-18H,4-7,12H2,1-3H3/p+1/t13-,14+,17+/m1/s1. The van der Waals surface area contributed by atoms with Gasteiger partial charge in [-0.15, -0.1) is 0 Å². The molecule has 0 aliphatic heterocycles. The predicted octanol–water partition coefficient (Wildman–Crippen LogP) is 2.97. The van der Waals surface area contributed by atoms with Gasteiger partial charge in [-0.3, -0.25) is 0 Å². The SMILES string of the molecule is CCOc1ccc(C[NH2+][C@H]2CCC[C@@H](C)[C@@H]2C)cc1. The van der Waals surface area contributed by atoms with Gasteiger partial charge in [0.25, 0.3) is 0 Å². The van der Waals surface area contributed by atoms with Gasteiger partial charge in [-0.2, -0.15) is 0 Å². The molecule has 0 heterocycles. The van der Waals surface area contributed by atoms with Gasteiger partial charge in [-0.05, 0) is 56.4 Å². The molecule has 1 aromatic carbocycles. The second kappa shape index (κ2) is 6.95. The zero-order valence-corrected chi connectivity index (χ0v) is 12.6. The Kier molecular flexibility index (Phi) is 5.26. The first kappa shape index (κ1) is 14.4. The van der Waals surface area contributed by atoms with E-state index in [9.17, 15) is 0 Å². The molecule has 2 N–H and O–H groups in total. The minimum absolute atomic E-state index is 0.739. The third-order valence-electron chi connectivity index (χ3n) is 4.66. The van der Waals surface area contributed by atoms with Crippen LogP contribution in [0.3, 0.4) is 0 Å². The monoisotopic (exact) mass is 262 g/mol. The molecule has 2 nitrogen and oxygen atoms in total. The average Bonchev–Trinajstić information content (AvgIpc) is 2.42. The molecule has 0 unspecified atom stereocenters. The van der Waals surface area contributed by atoms with E-state index >= 15 is 0 Å². The highest BCUT2D eigenvalue weighted by Crippen LogP contribution is 2.27. The molecule has 2 rings (SSSR count). The molecule has 0 bridgehead atoms. The number of rotatable bonds is 5. The smallest absolute Gasteiger partial charge is 0.119 e. The van der Waals surface area contributed by atoms with Crippen molar-refractivity contribution in [3.8, 4) is 5.75 Å². The summed E-state index contributed by atoms with van der Waals surface area (Å²) in [5.74, 6) is 2.71. The molecule has 0 amide bonds. The molecule has 0 radical (unpaired) electrons. The molecule has 0 spiro atoms. The molecule has 1 fully saturated rings. The summed E-state index contributed by atoms with van der Waals surface area (Å²) in [5.41, 5.74) is 1.40. The van der Waals surface area contributed by atoms with Gasteiger partial charge in [0.05, 0.1) is 12.6 Å². The van der Waals surface area contributed by atoms with E-state index < -0.39 is 0 Å². The van der Waals surface area contributed by atoms with Crippen LogP contribution in [0.25, 0.3) is 0 Å². The van der Waals surface area contributed by atoms with Gasteiger partial charge in [0.2, 0.25) is 0 Å². The average molecular weight is 262 g/mol. The van der Waals surface area contributed by atoms with Crippen LogP contribution in [0, 0.1) is 11.8 Å². The summed E-state index contributed by atoms with van der Waals surface area (Å²) in [7, 11) is 0. The van der Waals surface area contributed by atoms with Crippen LogP contribution in [0.15, 0.2) is 24.3 Å². The number of benzene rings is 1. The first-order chi connectivity index (χ1) is 9.20. The molecule has 1 aliphatic carbocycles. The largest absolute Gasteiger partial charge is 0.494 e. The molecule has 1 saturated carbocycles. The maximum Gasteiger partial charge on any atom is 0.119 e. The van der Waals surface area contributed by atoms with E-state index in [1.807, 2.05) is 6.92 Å². The van der Waals surface area contributed by atoms with E-state index in [0.29, 0.717) is 0 Å². The van der Waals surface area contributed by atoms with Crippen molar-refractivity contribution in [2.24, 2.45) is 11.8 Å². The summed E-state index contributed by atoms with van der Waals surface area (Å²) in [4.78, 5) is 0. The maximum atomic E-state index is 5.48. The van der Waals surface area contributed by atoms with Gasteiger partial charge in [-0.1, -0.05) is 13.8 Å². The fraction of sp³-hybridized carbons (Fsp3) is 0.647. The van der Waals surface area contributed by atoms with Crippen LogP contribution in [0.1, 0.15) is 45.6 Å². The van der Waals surface area contributed by atoms with Gasteiger partial charge in [0.15, 0.2) is 0 Å². The Morgan fingerprint density at radius 1 is 1.16 bits per heavy atom. The first-order valence-corrected chi connectivity index (χ1v) is 7.75. The normalized spacial score (nSPS) is 27.2. The lowest BCUT2D eigenvalue weighted by Crippen LogP contribution is -2.90. The van der Waals surface area contributed by atoms with Crippen molar-refractivity contribution in [1.82, 2.24) is 0 Å². The van der Waals surface area contributed by atoms with Crippen LogP contribution in [0.2, 0.25) is 0 Å². The van der Waals surface area contributed by atoms with Crippen LogP contribution in [0.4, 0.5) is 0 Å². The van der Waals surface area contributed by atoms with Crippen LogP contribution in [0.5, 0.6) is 5.75 Å². The second-order valence-corrected chi connectivity index (χ2v) is 5.95. The summed E-state index contributed by atoms with van der Waals surface area (Å²) in [6, 6.07) is 9.35. The third kappa shape index (κ3) is 3.97. The second-order valence-electron chi connectivity index (χ2n) is 5.95. The summed E-state index contributed by atoms with van der Waals surface area (Å²) in [5, 5.41) is 2.54. The number of hydrogen-bond acceptors (Lipinski definition) is 1. The van der Waals surface area contributed by atoms with E-state index in [1.54, 1.807) is 0 Å². The van der Waals surface area contributed by atoms with E-state index in [4.69, 9.17) is 4.74 Å². The molecular formula is C17H28NO+. The molecule has 1 aromatic rings. The Hall–Kier alpha value is -1.02. The number of nitrogens with two attached hydrogens (primary N) is 1. The van der Waals surface area contributed by atoms with Crippen molar-refractivity contribution in [1.29, 1.82) is 0 Å². The summed E-state index contributed by atoms with van der Waals surface area (Å²) in [6.07, 6.45) is 4.19. The summed E-state index contributed by atoms with van der Waals surface area (Å²) in [6.45, 7) is 8.68. The topological polar surface area (TPSA) is 25.8 Å². The highest BCUT2D eigenvalue weighted by atomic mass is 16.5. The van der Waals surface area contributed by atoms with Gasteiger partial charge in [-0.25, -0.2) is 0 Å². The van der Waals surface area contributed by atoms with Gasteiger partial charge < -0.3 is 10.1 Å². The zero-order valence-electron chi connectivity index (χ0n) is 12.6. The Morgan fingerprint density at radius 2 is 1.89 bits per heavy atom. The van der Waals surface area contributed by atoms with Crippen molar-refractivity contribution in [2.75, 3.05) is 6.61 Å². The van der Waals surface area contributed by atoms with Crippen molar-refractivity contribution < 1.29 is 10.1 Å². The minimum atomic E-state index is 0.739. The fourth-order valence-corrected chi connectivity index (χ4v) is 3.13. The Balaban J connectivity index is 1.84. The summed E-state index contributed by atoms with van der Waals surface area (Å²) >= 11 is 0. The van der Waals surface area contributed by atoms with Crippen LogP contribution in [-0.4, -0.2) is 12.6 Å². The summed E-state index contributed by atoms with van der Waals surface area (Å²) < 4.78 is 5.48. The molecule has 3 atom stereocenters. The number of ether oxygens (including phenoxy) is 1. The van der Waals surface area contributed by atoms with E-state index in [2.05, 4.69) is 43.4 Å². The molecular weight excluding hydrogens is 234 g/mol. The maximum absolute atomic E-state index is 5.48. The Morgan fingerprint density at radius 3 is 2.58 bits per heavy atom. The van der Waals surface area contributed by atoms with Gasteiger partial charge >= 0.3 is 0 Å². The lowest BCUT2D eigenvalue weighted by Gasteiger charge is -2.32. The predicted molar refractivity (Wildman–Crippen MR) is 79.2 cm³/mol. The zero-order chi connectivity index (χ0) is 13.7. The van der Waals surface area contributed by atoms with Gasteiger partial charge in [0.1, 0.15) is 12.3 Å². The number of quaternary nitrogens is 1. The molecule has 1 aliphatic rings. The number of hydrogen-bond donors (Lipinski definition) is 1. The fourth-order valence-electron chi connectivity index (χ4n) is 3.13. The highest BCUT2D eigenvalue weighted by molar-refractivity contribution is 5.26. The van der Waals surface area contributed by atoms with Crippen molar-refractivity contribution in [3.63, 3.8) is 0 Å². The highest BCUT2D eigenvalue weighted by Gasteiger charge is 2.29. The third-order valence-corrected chi connectivity index (χ3v) is 4.66. The molecule has 19 heavy (non-hydrogen) atoms. The lowest BCUT2D eigenvalue weighted by molar-refractivity contribution is -0.713. The minimum Gasteiger partial charge on any atom is -0.494 e. The van der Waals surface area contributed by atoms with E-state index in [1.165, 1.54) is 24.8 Å². The van der Waals surface area contributed by atoms with Crippen molar-refractivity contribution in [3.05, 3.63) is 29.8 Å².